The van der Waals surface area contributed by atoms with Crippen LogP contribution in [-0.2, 0) is 32.6 Å². The normalized spacial score (nSPS) is 14.1. The maximum Gasteiger partial charge on any atom is 0.264 e. The number of rotatable bonds is 14. The summed E-state index contributed by atoms with van der Waals surface area (Å²) in [5.41, 5.74) is 1.96. The maximum atomic E-state index is 14.7. The fourth-order valence-electron chi connectivity index (χ4n) is 6.02. The molecule has 4 aromatic rings. The predicted octanol–water partition coefficient (Wildman–Crippen LogP) is 7.79. The molecule has 0 radical (unpaired) electrons. The summed E-state index contributed by atoms with van der Waals surface area (Å²) in [7, 11) is -4.25. The van der Waals surface area contributed by atoms with Crippen molar-refractivity contribution in [3.63, 3.8) is 0 Å². The van der Waals surface area contributed by atoms with Crippen LogP contribution in [0.25, 0.3) is 0 Å². The van der Waals surface area contributed by atoms with E-state index in [1.807, 2.05) is 61.5 Å². The Morgan fingerprint density at radius 3 is 2.16 bits per heavy atom. The number of halogens is 2. The first-order chi connectivity index (χ1) is 23.6. The third-order valence-corrected chi connectivity index (χ3v) is 11.2. The number of hydrogen-bond acceptors (Lipinski definition) is 5. The number of carbonyl (C=O) groups is 2. The van der Waals surface area contributed by atoms with Crippen molar-refractivity contribution in [3.8, 4) is 5.75 Å². The van der Waals surface area contributed by atoms with E-state index in [4.69, 9.17) is 16.3 Å². The van der Waals surface area contributed by atoms with Gasteiger partial charge in [-0.3, -0.25) is 13.9 Å². The Bertz CT molecular complexity index is 1780. The monoisotopic (exact) mass is 765 g/mol. The van der Waals surface area contributed by atoms with Crippen LogP contribution >= 0.6 is 27.5 Å². The van der Waals surface area contributed by atoms with Crippen LogP contribution in [0.4, 0.5) is 5.69 Å². The molecule has 1 N–H and O–H groups in total. The van der Waals surface area contributed by atoms with Crippen molar-refractivity contribution < 1.29 is 22.7 Å². The minimum atomic E-state index is -4.25. The SMILES string of the molecule is CCOc1ccc(N(CC(=O)N(Cc2ccc(Br)cc2)[C@H](Cc2ccccc2)C(=O)NC2CCCCC2)S(=O)(=O)c2ccc(Cl)cc2)cc1. The lowest BCUT2D eigenvalue weighted by Gasteiger charge is -2.35. The minimum Gasteiger partial charge on any atom is -0.494 e. The van der Waals surface area contributed by atoms with Crippen LogP contribution in [0, 0.1) is 0 Å². The molecule has 1 aliphatic rings. The number of anilines is 1. The van der Waals surface area contributed by atoms with E-state index >= 15 is 0 Å². The van der Waals surface area contributed by atoms with Crippen molar-refractivity contribution in [2.24, 2.45) is 0 Å². The summed E-state index contributed by atoms with van der Waals surface area (Å²) >= 11 is 9.57. The van der Waals surface area contributed by atoms with Gasteiger partial charge in [0.2, 0.25) is 11.8 Å². The van der Waals surface area contributed by atoms with E-state index in [2.05, 4.69) is 21.2 Å². The predicted molar refractivity (Wildman–Crippen MR) is 197 cm³/mol. The third-order valence-electron chi connectivity index (χ3n) is 8.61. The van der Waals surface area contributed by atoms with E-state index in [-0.39, 0.29) is 35.5 Å². The average Bonchev–Trinajstić information content (AvgIpc) is 3.11. The number of amides is 2. The zero-order valence-corrected chi connectivity index (χ0v) is 30.6. The van der Waals surface area contributed by atoms with E-state index in [1.165, 1.54) is 29.2 Å². The Hall–Kier alpha value is -3.86. The van der Waals surface area contributed by atoms with Crippen LogP contribution < -0.4 is 14.4 Å². The van der Waals surface area contributed by atoms with Gasteiger partial charge in [0.25, 0.3) is 10.0 Å². The highest BCUT2D eigenvalue weighted by Gasteiger charge is 2.35. The Balaban J connectivity index is 1.56. The number of nitrogens with zero attached hydrogens (tertiary/aromatic N) is 2. The Morgan fingerprint density at radius 1 is 0.878 bits per heavy atom. The van der Waals surface area contributed by atoms with Crippen molar-refractivity contribution in [1.29, 1.82) is 0 Å². The van der Waals surface area contributed by atoms with Crippen molar-refractivity contribution in [3.05, 3.63) is 124 Å². The average molecular weight is 767 g/mol. The van der Waals surface area contributed by atoms with Crippen LogP contribution in [0.5, 0.6) is 5.75 Å². The highest BCUT2D eigenvalue weighted by Crippen LogP contribution is 2.28. The molecule has 1 fully saturated rings. The van der Waals surface area contributed by atoms with Crippen LogP contribution in [0.3, 0.4) is 0 Å². The standard InChI is InChI=1S/C38H41BrClN3O5S/c1-2-48-34-21-19-33(20-22-34)43(49(46,47)35-23-17-31(40)18-24-35)27-37(44)42(26-29-13-15-30(39)16-14-29)36(25-28-9-5-3-6-10-28)38(45)41-32-11-7-4-8-12-32/h3,5-6,9-10,13-24,32,36H,2,4,7-8,11-12,25-27H2,1H3,(H,41,45)/t36-/m1/s1. The minimum absolute atomic E-state index is 0.0195. The highest BCUT2D eigenvalue weighted by atomic mass is 79.9. The van der Waals surface area contributed by atoms with Crippen LogP contribution in [0.2, 0.25) is 5.02 Å². The van der Waals surface area contributed by atoms with Gasteiger partial charge in [-0.1, -0.05) is 89.3 Å². The summed E-state index contributed by atoms with van der Waals surface area (Å²) in [5.74, 6) is -0.205. The zero-order chi connectivity index (χ0) is 34.8. The van der Waals surface area contributed by atoms with Crippen molar-refractivity contribution in [2.75, 3.05) is 17.5 Å². The number of ether oxygens (including phenoxy) is 1. The summed E-state index contributed by atoms with van der Waals surface area (Å²) in [6.45, 7) is 1.86. The molecule has 1 saturated carbocycles. The van der Waals surface area contributed by atoms with Crippen LogP contribution in [-0.4, -0.2) is 50.4 Å². The maximum absolute atomic E-state index is 14.7. The van der Waals surface area contributed by atoms with Gasteiger partial charge in [0.1, 0.15) is 18.3 Å². The number of hydrogen-bond donors (Lipinski definition) is 1. The topological polar surface area (TPSA) is 96.0 Å². The first kappa shape index (κ1) is 36.4. The molecule has 0 bridgehead atoms. The van der Waals surface area contributed by atoms with Gasteiger partial charge in [-0.25, -0.2) is 8.42 Å². The molecule has 11 heteroatoms. The van der Waals surface area contributed by atoms with Gasteiger partial charge in [-0.15, -0.1) is 0 Å². The van der Waals surface area contributed by atoms with E-state index in [9.17, 15) is 18.0 Å². The van der Waals surface area contributed by atoms with E-state index < -0.39 is 28.5 Å². The van der Waals surface area contributed by atoms with Gasteiger partial charge >= 0.3 is 0 Å². The Morgan fingerprint density at radius 2 is 1.53 bits per heavy atom. The van der Waals surface area contributed by atoms with Gasteiger partial charge in [0.15, 0.2) is 0 Å². The number of carbonyl (C=O) groups excluding carboxylic acids is 2. The second kappa shape index (κ2) is 17.2. The van der Waals surface area contributed by atoms with Gasteiger partial charge in [-0.05, 0) is 91.6 Å². The molecular weight excluding hydrogens is 726 g/mol. The fourth-order valence-corrected chi connectivity index (χ4v) is 7.83. The molecule has 2 amide bonds. The molecule has 0 saturated heterocycles. The molecular formula is C38H41BrClN3O5S. The number of sulfonamides is 1. The molecule has 5 rings (SSSR count). The van der Waals surface area contributed by atoms with Gasteiger partial charge in [0.05, 0.1) is 17.2 Å². The molecule has 49 heavy (non-hydrogen) atoms. The van der Waals surface area contributed by atoms with Crippen LogP contribution in [0.1, 0.15) is 50.2 Å². The first-order valence-corrected chi connectivity index (χ1v) is 19.1. The van der Waals surface area contributed by atoms with Crippen molar-refractivity contribution >= 4 is 55.1 Å². The lowest BCUT2D eigenvalue weighted by Crippen LogP contribution is -2.55. The summed E-state index contributed by atoms with van der Waals surface area (Å²) < 4.78 is 36.1. The van der Waals surface area contributed by atoms with Crippen molar-refractivity contribution in [2.45, 2.75) is 69.0 Å². The molecule has 0 aliphatic heterocycles. The van der Waals surface area contributed by atoms with Gasteiger partial charge in [0, 0.05) is 28.5 Å². The molecule has 1 atom stereocenters. The quantitative estimate of drug-likeness (QED) is 0.142. The lowest BCUT2D eigenvalue weighted by atomic mass is 9.94. The largest absolute Gasteiger partial charge is 0.494 e. The summed E-state index contributed by atoms with van der Waals surface area (Å²) in [5, 5.41) is 3.62. The highest BCUT2D eigenvalue weighted by molar-refractivity contribution is 9.10. The van der Waals surface area contributed by atoms with E-state index in [1.54, 1.807) is 24.3 Å². The number of benzene rings is 4. The number of nitrogens with one attached hydrogen (secondary N) is 1. The molecule has 0 unspecified atom stereocenters. The van der Waals surface area contributed by atoms with E-state index in [0.29, 0.717) is 17.4 Å². The molecule has 0 spiro atoms. The summed E-state index contributed by atoms with van der Waals surface area (Å²) in [6.07, 6.45) is 5.24. The molecule has 0 aromatic heterocycles. The molecule has 0 heterocycles. The van der Waals surface area contributed by atoms with Crippen molar-refractivity contribution in [1.82, 2.24) is 10.2 Å². The summed E-state index contributed by atoms with van der Waals surface area (Å²) in [6, 6.07) is 28.6. The second-order valence-electron chi connectivity index (χ2n) is 12.1. The van der Waals surface area contributed by atoms with Crippen LogP contribution in [0.15, 0.2) is 112 Å². The smallest absolute Gasteiger partial charge is 0.264 e. The Labute approximate surface area is 302 Å². The Kier molecular flexibility index (Phi) is 12.8. The second-order valence-corrected chi connectivity index (χ2v) is 15.3. The summed E-state index contributed by atoms with van der Waals surface area (Å²) in [4.78, 5) is 30.5. The van der Waals surface area contributed by atoms with Gasteiger partial charge in [-0.2, -0.15) is 0 Å². The zero-order valence-electron chi connectivity index (χ0n) is 27.4. The molecule has 1 aliphatic carbocycles. The van der Waals surface area contributed by atoms with E-state index in [0.717, 1.165) is 52.0 Å². The molecule has 258 valence electrons. The fraction of sp³-hybridized carbons (Fsp3) is 0.316. The third kappa shape index (κ3) is 9.86. The molecule has 8 nitrogen and oxygen atoms in total. The first-order valence-electron chi connectivity index (χ1n) is 16.5. The van der Waals surface area contributed by atoms with Gasteiger partial charge < -0.3 is 15.0 Å². The molecule has 4 aromatic carbocycles. The lowest BCUT2D eigenvalue weighted by molar-refractivity contribution is -0.140.